The molecule has 1 N–H and O–H groups in total. The third-order valence-corrected chi connectivity index (χ3v) is 3.60. The minimum Gasteiger partial charge on any atom is -0.376 e. The Morgan fingerprint density at radius 2 is 2.05 bits per heavy atom. The first-order valence-electron chi connectivity index (χ1n) is 6.97. The van der Waals surface area contributed by atoms with Crippen LogP contribution in [0.15, 0.2) is 43.0 Å². The van der Waals surface area contributed by atoms with E-state index in [9.17, 15) is 9.59 Å². The number of hydrogen-bond acceptors (Lipinski definition) is 3. The average molecular weight is 288 g/mol. The van der Waals surface area contributed by atoms with Crippen LogP contribution in [0.2, 0.25) is 0 Å². The van der Waals surface area contributed by atoms with E-state index in [2.05, 4.69) is 11.9 Å². The van der Waals surface area contributed by atoms with Crippen LogP contribution >= 0.6 is 0 Å². The molecule has 1 aromatic carbocycles. The van der Waals surface area contributed by atoms with Crippen LogP contribution in [0.4, 0.5) is 0 Å². The first-order valence-corrected chi connectivity index (χ1v) is 6.97. The fraction of sp³-hybridized carbons (Fsp3) is 0.375. The summed E-state index contributed by atoms with van der Waals surface area (Å²) in [4.78, 5) is 25.3. The molecule has 21 heavy (non-hydrogen) atoms. The lowest BCUT2D eigenvalue weighted by atomic mass is 9.88. The van der Waals surface area contributed by atoms with Gasteiger partial charge in [0.1, 0.15) is 5.54 Å². The Morgan fingerprint density at radius 1 is 1.38 bits per heavy atom. The third-order valence-electron chi connectivity index (χ3n) is 3.60. The monoisotopic (exact) mass is 288 g/mol. The fourth-order valence-corrected chi connectivity index (χ4v) is 2.33. The molecule has 0 aromatic heterocycles. The Morgan fingerprint density at radius 3 is 2.52 bits per heavy atom. The highest BCUT2D eigenvalue weighted by Crippen LogP contribution is 2.29. The van der Waals surface area contributed by atoms with Crippen molar-refractivity contribution in [1.29, 1.82) is 0 Å². The highest BCUT2D eigenvalue weighted by atomic mass is 16.5. The zero-order chi connectivity index (χ0) is 15.3. The number of likely N-dealkylation sites (N-methyl/N-ethyl adjacent to an activating group) is 1. The topological polar surface area (TPSA) is 58.6 Å². The highest BCUT2D eigenvalue weighted by Gasteiger charge is 2.41. The normalized spacial score (nSPS) is 15.7. The molecule has 0 saturated carbocycles. The van der Waals surface area contributed by atoms with E-state index in [0.29, 0.717) is 19.8 Å². The molecule has 5 nitrogen and oxygen atoms in total. The molecule has 0 unspecified atom stereocenters. The molecule has 1 aliphatic rings. The van der Waals surface area contributed by atoms with Crippen molar-refractivity contribution in [1.82, 2.24) is 10.2 Å². The van der Waals surface area contributed by atoms with Gasteiger partial charge in [-0.2, -0.15) is 0 Å². The van der Waals surface area contributed by atoms with Crippen molar-refractivity contribution >= 4 is 11.8 Å². The van der Waals surface area contributed by atoms with Crippen LogP contribution in [-0.2, 0) is 19.9 Å². The molecule has 5 heteroatoms. The zero-order valence-electron chi connectivity index (χ0n) is 12.2. The van der Waals surface area contributed by atoms with E-state index >= 15 is 0 Å². The minimum absolute atomic E-state index is 0.0237. The molecule has 2 amide bonds. The number of hydrogen-bond donors (Lipinski definition) is 1. The molecule has 0 aliphatic carbocycles. The molecule has 0 atom stereocenters. The summed E-state index contributed by atoms with van der Waals surface area (Å²) in [6, 6.07) is 9.73. The maximum absolute atomic E-state index is 12.2. The van der Waals surface area contributed by atoms with Crippen molar-refractivity contribution < 1.29 is 14.3 Å². The standard InChI is InChI=1S/C16H20N2O3/c1-3-15(20)18(4-2)10-14(19)17-16(11-21-12-16)13-8-6-5-7-9-13/h3,5-9H,1,4,10-12H2,2H3,(H,17,19). The molecule has 1 saturated heterocycles. The van der Waals surface area contributed by atoms with Crippen LogP contribution in [0, 0.1) is 0 Å². The lowest BCUT2D eigenvalue weighted by Crippen LogP contribution is -2.60. The van der Waals surface area contributed by atoms with Gasteiger partial charge in [-0.3, -0.25) is 9.59 Å². The number of carbonyl (C=O) groups is 2. The van der Waals surface area contributed by atoms with Gasteiger partial charge in [0.05, 0.1) is 19.8 Å². The fourth-order valence-electron chi connectivity index (χ4n) is 2.33. The summed E-state index contributed by atoms with van der Waals surface area (Å²) >= 11 is 0. The van der Waals surface area contributed by atoms with E-state index < -0.39 is 5.54 Å². The predicted molar refractivity (Wildman–Crippen MR) is 79.5 cm³/mol. The lowest BCUT2D eigenvalue weighted by molar-refractivity contribution is -0.139. The SMILES string of the molecule is C=CC(=O)N(CC)CC(=O)NC1(c2ccccc2)COC1. The second kappa shape index (κ2) is 6.54. The van der Waals surface area contributed by atoms with Gasteiger partial charge in [0.2, 0.25) is 11.8 Å². The third kappa shape index (κ3) is 3.31. The molecule has 0 spiro atoms. The van der Waals surface area contributed by atoms with Crippen molar-refractivity contribution in [3.05, 3.63) is 48.6 Å². The van der Waals surface area contributed by atoms with Gasteiger partial charge in [-0.1, -0.05) is 36.9 Å². The quantitative estimate of drug-likeness (QED) is 0.796. The maximum atomic E-state index is 12.2. The molecular formula is C16H20N2O3. The number of benzene rings is 1. The van der Waals surface area contributed by atoms with E-state index in [1.165, 1.54) is 11.0 Å². The van der Waals surface area contributed by atoms with Gasteiger partial charge in [-0.25, -0.2) is 0 Å². The smallest absolute Gasteiger partial charge is 0.246 e. The van der Waals surface area contributed by atoms with Crippen molar-refractivity contribution in [2.45, 2.75) is 12.5 Å². The molecule has 0 radical (unpaired) electrons. The summed E-state index contributed by atoms with van der Waals surface area (Å²) < 4.78 is 5.28. The van der Waals surface area contributed by atoms with Crippen molar-refractivity contribution in [3.8, 4) is 0 Å². The molecule has 0 bridgehead atoms. The second-order valence-corrected chi connectivity index (χ2v) is 5.05. The van der Waals surface area contributed by atoms with E-state index in [1.54, 1.807) is 0 Å². The molecule has 112 valence electrons. The number of ether oxygens (including phenoxy) is 1. The molecule has 1 aromatic rings. The van der Waals surface area contributed by atoms with Crippen LogP contribution in [0.3, 0.4) is 0 Å². The predicted octanol–water partition coefficient (Wildman–Crippen LogP) is 1.06. The van der Waals surface area contributed by atoms with E-state index in [0.717, 1.165) is 5.56 Å². The number of rotatable bonds is 6. The summed E-state index contributed by atoms with van der Waals surface area (Å²) in [5, 5.41) is 3.00. The van der Waals surface area contributed by atoms with Crippen LogP contribution in [0.5, 0.6) is 0 Å². The Labute approximate surface area is 124 Å². The van der Waals surface area contributed by atoms with Crippen molar-refractivity contribution in [3.63, 3.8) is 0 Å². The molecule has 2 rings (SSSR count). The number of carbonyl (C=O) groups excluding carboxylic acids is 2. The van der Waals surface area contributed by atoms with Gasteiger partial charge in [-0.15, -0.1) is 0 Å². The first kappa shape index (κ1) is 15.3. The summed E-state index contributed by atoms with van der Waals surface area (Å²) in [7, 11) is 0. The summed E-state index contributed by atoms with van der Waals surface area (Å²) in [5.41, 5.74) is 0.539. The highest BCUT2D eigenvalue weighted by molar-refractivity contribution is 5.91. The van der Waals surface area contributed by atoms with Gasteiger partial charge < -0.3 is 15.0 Å². The van der Waals surface area contributed by atoms with Crippen molar-refractivity contribution in [2.75, 3.05) is 26.3 Å². The maximum Gasteiger partial charge on any atom is 0.246 e. The summed E-state index contributed by atoms with van der Waals surface area (Å²) in [5.74, 6) is -0.439. The Bertz CT molecular complexity index is 524. The summed E-state index contributed by atoms with van der Waals surface area (Å²) in [6.45, 7) is 6.66. The van der Waals surface area contributed by atoms with E-state index in [4.69, 9.17) is 4.74 Å². The van der Waals surface area contributed by atoms with Gasteiger partial charge >= 0.3 is 0 Å². The molecule has 1 heterocycles. The minimum atomic E-state index is -0.477. The molecule has 1 fully saturated rings. The Hall–Kier alpha value is -2.14. The van der Waals surface area contributed by atoms with Gasteiger partial charge in [0, 0.05) is 6.54 Å². The van der Waals surface area contributed by atoms with Gasteiger partial charge in [0.15, 0.2) is 0 Å². The largest absolute Gasteiger partial charge is 0.376 e. The van der Waals surface area contributed by atoms with Gasteiger partial charge in [-0.05, 0) is 18.6 Å². The number of nitrogens with zero attached hydrogens (tertiary/aromatic N) is 1. The van der Waals surface area contributed by atoms with Crippen LogP contribution in [0.1, 0.15) is 12.5 Å². The van der Waals surface area contributed by atoms with E-state index in [-0.39, 0.29) is 18.4 Å². The number of nitrogens with one attached hydrogen (secondary N) is 1. The Balaban J connectivity index is 2.04. The summed E-state index contributed by atoms with van der Waals surface area (Å²) in [6.07, 6.45) is 1.22. The van der Waals surface area contributed by atoms with Crippen molar-refractivity contribution in [2.24, 2.45) is 0 Å². The zero-order valence-corrected chi connectivity index (χ0v) is 12.2. The van der Waals surface area contributed by atoms with E-state index in [1.807, 2.05) is 37.3 Å². The second-order valence-electron chi connectivity index (χ2n) is 5.05. The average Bonchev–Trinajstić information content (AvgIpc) is 2.48. The lowest BCUT2D eigenvalue weighted by Gasteiger charge is -2.42. The molecule has 1 aliphatic heterocycles. The van der Waals surface area contributed by atoms with Crippen LogP contribution in [0.25, 0.3) is 0 Å². The van der Waals surface area contributed by atoms with Crippen LogP contribution < -0.4 is 5.32 Å². The van der Waals surface area contributed by atoms with Crippen LogP contribution in [-0.4, -0.2) is 43.0 Å². The Kier molecular flexibility index (Phi) is 4.75. The van der Waals surface area contributed by atoms with Gasteiger partial charge in [0.25, 0.3) is 0 Å². The number of amides is 2. The first-order chi connectivity index (χ1) is 10.1. The molecular weight excluding hydrogens is 268 g/mol.